The zero-order valence-electron chi connectivity index (χ0n) is 14.3. The Hall–Kier alpha value is -1.85. The van der Waals surface area contributed by atoms with Crippen molar-refractivity contribution in [2.24, 2.45) is 0 Å². The zero-order valence-corrected chi connectivity index (χ0v) is 15.1. The van der Waals surface area contributed by atoms with Gasteiger partial charge in [-0.3, -0.25) is 4.90 Å². The fourth-order valence-electron chi connectivity index (χ4n) is 3.20. The van der Waals surface area contributed by atoms with Crippen LogP contribution in [-0.2, 0) is 11.2 Å². The average Bonchev–Trinajstić information content (AvgIpc) is 3.13. The van der Waals surface area contributed by atoms with Crippen LogP contribution < -0.4 is 4.90 Å². The lowest BCUT2D eigenvalue weighted by Gasteiger charge is -2.41. The summed E-state index contributed by atoms with van der Waals surface area (Å²) in [5.74, 6) is -0.284. The van der Waals surface area contributed by atoms with Gasteiger partial charge in [-0.05, 0) is 49.1 Å². The molecule has 0 spiro atoms. The molecule has 5 heteroatoms. The Bertz CT molecular complexity index is 655. The third-order valence-corrected chi connectivity index (χ3v) is 5.58. The molecule has 0 N–H and O–H groups in total. The van der Waals surface area contributed by atoms with Crippen molar-refractivity contribution in [3.05, 3.63) is 52.2 Å². The average molecular weight is 344 g/mol. The lowest BCUT2D eigenvalue weighted by atomic mass is 10.1. The number of methoxy groups -OCH3 is 1. The lowest BCUT2D eigenvalue weighted by molar-refractivity contribution is 0.0600. The summed E-state index contributed by atoms with van der Waals surface area (Å²) in [6, 6.07) is 12.6. The number of esters is 1. The lowest BCUT2D eigenvalue weighted by Crippen LogP contribution is -2.52. The van der Waals surface area contributed by atoms with Crippen LogP contribution in [0.1, 0.15) is 22.2 Å². The first kappa shape index (κ1) is 17.0. The molecule has 1 aromatic heterocycles. The van der Waals surface area contributed by atoms with Gasteiger partial charge in [-0.15, -0.1) is 11.3 Å². The Morgan fingerprint density at radius 1 is 1.25 bits per heavy atom. The fraction of sp³-hybridized carbons (Fsp3) is 0.421. The van der Waals surface area contributed by atoms with Gasteiger partial charge in [0.1, 0.15) is 0 Å². The number of carbonyl (C=O) groups is 1. The third kappa shape index (κ3) is 3.97. The van der Waals surface area contributed by atoms with E-state index in [1.54, 1.807) is 0 Å². The van der Waals surface area contributed by atoms with E-state index >= 15 is 0 Å². The zero-order chi connectivity index (χ0) is 16.9. The molecule has 1 aliphatic heterocycles. The van der Waals surface area contributed by atoms with E-state index in [0.717, 1.165) is 32.6 Å². The minimum absolute atomic E-state index is 0.284. The molecule has 0 radical (unpaired) electrons. The molecule has 0 aliphatic carbocycles. The number of piperazine rings is 1. The number of benzene rings is 1. The van der Waals surface area contributed by atoms with E-state index in [-0.39, 0.29) is 5.97 Å². The number of ether oxygens (including phenoxy) is 1. The minimum atomic E-state index is -0.284. The second kappa shape index (κ2) is 7.81. The summed E-state index contributed by atoms with van der Waals surface area (Å²) in [5, 5.41) is 2.15. The van der Waals surface area contributed by atoms with Crippen LogP contribution in [0.25, 0.3) is 0 Å². The monoisotopic (exact) mass is 344 g/mol. The molecular weight excluding hydrogens is 320 g/mol. The fourth-order valence-corrected chi connectivity index (χ4v) is 3.89. The molecule has 1 unspecified atom stereocenters. The molecule has 0 saturated carbocycles. The van der Waals surface area contributed by atoms with Gasteiger partial charge in [0, 0.05) is 42.8 Å². The Kier molecular flexibility index (Phi) is 5.53. The molecule has 0 bridgehead atoms. The largest absolute Gasteiger partial charge is 0.465 e. The highest BCUT2D eigenvalue weighted by Gasteiger charge is 2.23. The third-order valence-electron chi connectivity index (χ3n) is 4.64. The first-order chi connectivity index (χ1) is 11.7. The van der Waals surface area contributed by atoms with Gasteiger partial charge in [-0.25, -0.2) is 4.79 Å². The van der Waals surface area contributed by atoms with Crippen LogP contribution in [-0.4, -0.2) is 50.2 Å². The van der Waals surface area contributed by atoms with E-state index in [0.29, 0.717) is 11.6 Å². The summed E-state index contributed by atoms with van der Waals surface area (Å²) in [7, 11) is 1.41. The van der Waals surface area contributed by atoms with E-state index in [2.05, 4.69) is 34.2 Å². The van der Waals surface area contributed by atoms with Gasteiger partial charge < -0.3 is 9.64 Å². The van der Waals surface area contributed by atoms with E-state index in [4.69, 9.17) is 4.74 Å². The van der Waals surface area contributed by atoms with Crippen molar-refractivity contribution < 1.29 is 9.53 Å². The summed E-state index contributed by atoms with van der Waals surface area (Å²) in [4.78, 5) is 17.9. The molecule has 1 saturated heterocycles. The van der Waals surface area contributed by atoms with Crippen LogP contribution in [0.5, 0.6) is 0 Å². The smallest absolute Gasteiger partial charge is 0.337 e. The Morgan fingerprint density at radius 3 is 2.67 bits per heavy atom. The second-order valence-corrected chi connectivity index (χ2v) is 7.23. The summed E-state index contributed by atoms with van der Waals surface area (Å²) in [6.45, 7) is 6.53. The number of carbonyl (C=O) groups excluding carboxylic acids is 1. The number of nitrogens with zero attached hydrogens (tertiary/aromatic N) is 2. The highest BCUT2D eigenvalue weighted by Crippen LogP contribution is 2.21. The standard InChI is InChI=1S/C19H24N2O2S/c1-15-14-21(17-7-5-16(6-8-17)19(22)23-2)12-11-20(15)10-9-18-4-3-13-24-18/h3-8,13,15H,9-12,14H2,1-2H3. The summed E-state index contributed by atoms with van der Waals surface area (Å²) >= 11 is 1.84. The summed E-state index contributed by atoms with van der Waals surface area (Å²) in [5.41, 5.74) is 1.77. The van der Waals surface area contributed by atoms with E-state index in [1.165, 1.54) is 17.7 Å². The molecule has 1 aliphatic rings. The van der Waals surface area contributed by atoms with Crippen molar-refractivity contribution in [1.82, 2.24) is 4.90 Å². The summed E-state index contributed by atoms with van der Waals surface area (Å²) in [6.07, 6.45) is 1.13. The molecule has 2 aromatic rings. The molecule has 1 aromatic carbocycles. The van der Waals surface area contributed by atoms with Gasteiger partial charge in [0.15, 0.2) is 0 Å². The van der Waals surface area contributed by atoms with Gasteiger partial charge in [0.2, 0.25) is 0 Å². The van der Waals surface area contributed by atoms with Crippen LogP contribution in [0, 0.1) is 0 Å². The van der Waals surface area contributed by atoms with Crippen LogP contribution in [0.4, 0.5) is 5.69 Å². The van der Waals surface area contributed by atoms with E-state index in [1.807, 2.05) is 35.6 Å². The molecule has 4 nitrogen and oxygen atoms in total. The molecule has 2 heterocycles. The normalized spacial score (nSPS) is 18.6. The molecule has 3 rings (SSSR count). The molecule has 1 fully saturated rings. The van der Waals surface area contributed by atoms with Gasteiger partial charge in [-0.2, -0.15) is 0 Å². The second-order valence-electron chi connectivity index (χ2n) is 6.20. The number of thiophene rings is 1. The van der Waals surface area contributed by atoms with Gasteiger partial charge in [0.05, 0.1) is 12.7 Å². The maximum atomic E-state index is 11.5. The van der Waals surface area contributed by atoms with Crippen molar-refractivity contribution in [2.75, 3.05) is 38.2 Å². The van der Waals surface area contributed by atoms with Gasteiger partial charge in [0.25, 0.3) is 0 Å². The van der Waals surface area contributed by atoms with Crippen molar-refractivity contribution in [3.8, 4) is 0 Å². The molecule has 0 amide bonds. The maximum absolute atomic E-state index is 11.5. The van der Waals surface area contributed by atoms with Gasteiger partial charge in [-0.1, -0.05) is 6.07 Å². The predicted octanol–water partition coefficient (Wildman–Crippen LogP) is 3.29. The van der Waals surface area contributed by atoms with Crippen molar-refractivity contribution in [2.45, 2.75) is 19.4 Å². The van der Waals surface area contributed by atoms with Crippen LogP contribution in [0.3, 0.4) is 0 Å². The summed E-state index contributed by atoms with van der Waals surface area (Å²) < 4.78 is 4.75. The first-order valence-electron chi connectivity index (χ1n) is 8.37. The van der Waals surface area contributed by atoms with Crippen LogP contribution in [0.15, 0.2) is 41.8 Å². The molecule has 128 valence electrons. The topological polar surface area (TPSA) is 32.8 Å². The maximum Gasteiger partial charge on any atom is 0.337 e. The van der Waals surface area contributed by atoms with Crippen molar-refractivity contribution in [1.29, 1.82) is 0 Å². The molecule has 1 atom stereocenters. The van der Waals surface area contributed by atoms with E-state index in [9.17, 15) is 4.79 Å². The van der Waals surface area contributed by atoms with Crippen LogP contribution in [0.2, 0.25) is 0 Å². The number of hydrogen-bond acceptors (Lipinski definition) is 5. The highest BCUT2D eigenvalue weighted by molar-refractivity contribution is 7.09. The Morgan fingerprint density at radius 2 is 2.04 bits per heavy atom. The first-order valence-corrected chi connectivity index (χ1v) is 9.25. The SMILES string of the molecule is COC(=O)c1ccc(N2CCN(CCc3cccs3)C(C)C2)cc1. The number of anilines is 1. The van der Waals surface area contributed by atoms with Crippen LogP contribution >= 0.6 is 11.3 Å². The number of hydrogen-bond donors (Lipinski definition) is 0. The van der Waals surface area contributed by atoms with Gasteiger partial charge >= 0.3 is 5.97 Å². The minimum Gasteiger partial charge on any atom is -0.465 e. The highest BCUT2D eigenvalue weighted by atomic mass is 32.1. The Labute approximate surface area is 147 Å². The van der Waals surface area contributed by atoms with Crippen molar-refractivity contribution >= 4 is 23.0 Å². The molecule has 24 heavy (non-hydrogen) atoms. The predicted molar refractivity (Wildman–Crippen MR) is 99.1 cm³/mol. The number of rotatable bonds is 5. The van der Waals surface area contributed by atoms with E-state index < -0.39 is 0 Å². The van der Waals surface area contributed by atoms with Crippen molar-refractivity contribution in [3.63, 3.8) is 0 Å². The quantitative estimate of drug-likeness (QED) is 0.779. The molecular formula is C19H24N2O2S. The Balaban J connectivity index is 1.55.